The number of nitrogens with one attached hydrogen (secondary N) is 2. The lowest BCUT2D eigenvalue weighted by Crippen LogP contribution is -2.29. The number of fused-ring (bicyclic) bond motifs is 1. The summed E-state index contributed by atoms with van der Waals surface area (Å²) in [5, 5.41) is 13.6. The minimum Gasteiger partial charge on any atom is -0.508 e. The minimum atomic E-state index is -0.273. The minimum absolute atomic E-state index is 0.102. The van der Waals surface area contributed by atoms with Gasteiger partial charge in [0.05, 0.1) is 5.56 Å². The Morgan fingerprint density at radius 2 is 2.04 bits per heavy atom. The number of aromatic nitrogens is 1. The molecule has 146 valence electrons. The molecule has 1 saturated heterocycles. The topological polar surface area (TPSA) is 98.6 Å². The van der Waals surface area contributed by atoms with Gasteiger partial charge >= 0.3 is 0 Å². The summed E-state index contributed by atoms with van der Waals surface area (Å²) in [6, 6.07) is 6.24. The summed E-state index contributed by atoms with van der Waals surface area (Å²) >= 11 is 0. The van der Waals surface area contributed by atoms with Crippen LogP contribution in [0, 0.1) is 0 Å². The van der Waals surface area contributed by atoms with Gasteiger partial charge in [-0.1, -0.05) is 6.42 Å². The van der Waals surface area contributed by atoms with Crippen LogP contribution in [0.25, 0.3) is 22.3 Å². The van der Waals surface area contributed by atoms with E-state index in [4.69, 9.17) is 4.42 Å². The third-order valence-electron chi connectivity index (χ3n) is 5.20. The Kier molecular flexibility index (Phi) is 4.92. The molecular formula is C21H23N3O4. The fourth-order valence-corrected chi connectivity index (χ4v) is 3.88. The molecule has 28 heavy (non-hydrogen) atoms. The number of pyridine rings is 1. The second kappa shape index (κ2) is 7.52. The molecular weight excluding hydrogens is 358 g/mol. The highest BCUT2D eigenvalue weighted by atomic mass is 16.3. The predicted octanol–water partition coefficient (Wildman–Crippen LogP) is 2.84. The molecule has 1 aliphatic rings. The molecule has 0 saturated carbocycles. The van der Waals surface area contributed by atoms with E-state index in [2.05, 4.69) is 15.2 Å². The van der Waals surface area contributed by atoms with Gasteiger partial charge in [0.15, 0.2) is 0 Å². The van der Waals surface area contributed by atoms with Crippen LogP contribution in [0.2, 0.25) is 0 Å². The van der Waals surface area contributed by atoms with E-state index in [1.165, 1.54) is 24.8 Å². The Morgan fingerprint density at radius 3 is 2.71 bits per heavy atom. The summed E-state index contributed by atoms with van der Waals surface area (Å²) in [5.74, 6) is 0.200. The maximum atomic E-state index is 12.8. The third-order valence-corrected chi connectivity index (χ3v) is 5.20. The number of benzene rings is 1. The van der Waals surface area contributed by atoms with Gasteiger partial charge in [-0.2, -0.15) is 0 Å². The van der Waals surface area contributed by atoms with Crippen LogP contribution in [0.4, 0.5) is 0 Å². The van der Waals surface area contributed by atoms with Crippen molar-refractivity contribution < 1.29 is 14.3 Å². The van der Waals surface area contributed by atoms with Crippen molar-refractivity contribution in [3.8, 4) is 17.1 Å². The number of H-pyrrole nitrogens is 1. The number of rotatable bonds is 4. The Bertz CT molecular complexity index is 1060. The Balaban J connectivity index is 1.91. The number of phenolic OH excluding ortho intramolecular Hbond substituents is 1. The maximum absolute atomic E-state index is 12.8. The summed E-state index contributed by atoms with van der Waals surface area (Å²) < 4.78 is 6.00. The van der Waals surface area contributed by atoms with Gasteiger partial charge in [0, 0.05) is 42.9 Å². The molecule has 0 unspecified atom stereocenters. The van der Waals surface area contributed by atoms with Crippen molar-refractivity contribution in [2.45, 2.75) is 25.8 Å². The van der Waals surface area contributed by atoms with Crippen LogP contribution in [0.15, 0.2) is 39.7 Å². The highest BCUT2D eigenvalue weighted by Crippen LogP contribution is 2.38. The van der Waals surface area contributed by atoms with Crippen LogP contribution in [0.1, 0.15) is 35.2 Å². The van der Waals surface area contributed by atoms with Gasteiger partial charge in [-0.15, -0.1) is 0 Å². The number of aromatic hydroxyl groups is 1. The van der Waals surface area contributed by atoms with Crippen LogP contribution in [0.3, 0.4) is 0 Å². The van der Waals surface area contributed by atoms with E-state index in [0.717, 1.165) is 31.5 Å². The molecule has 0 atom stereocenters. The fraction of sp³-hybridized carbons (Fsp3) is 0.333. The van der Waals surface area contributed by atoms with Crippen molar-refractivity contribution in [1.82, 2.24) is 15.2 Å². The standard InChI is InChI=1S/C21H23N3O4/c1-22-21(27)19-18-14(12-24-7-3-2-4-8-24)9-15(25)10-16(18)28-20(19)13-5-6-17(26)23-11-13/h5-6,9-11,25H,2-4,7-8,12H2,1H3,(H,22,27)(H,23,26). The molecule has 0 bridgehead atoms. The van der Waals surface area contributed by atoms with Crippen molar-refractivity contribution in [1.29, 1.82) is 0 Å². The number of phenols is 1. The van der Waals surface area contributed by atoms with Crippen molar-refractivity contribution >= 4 is 16.9 Å². The van der Waals surface area contributed by atoms with Crippen LogP contribution in [0.5, 0.6) is 5.75 Å². The van der Waals surface area contributed by atoms with E-state index in [0.29, 0.717) is 34.4 Å². The van der Waals surface area contributed by atoms with Crippen molar-refractivity contribution in [2.75, 3.05) is 20.1 Å². The van der Waals surface area contributed by atoms with E-state index in [1.807, 2.05) is 0 Å². The Labute approximate surface area is 162 Å². The van der Waals surface area contributed by atoms with Crippen LogP contribution >= 0.6 is 0 Å². The normalized spacial score (nSPS) is 15.0. The number of amides is 1. The van der Waals surface area contributed by atoms with Gasteiger partial charge in [-0.3, -0.25) is 14.5 Å². The molecule has 7 heteroatoms. The number of aromatic amines is 1. The third kappa shape index (κ3) is 3.41. The first-order chi connectivity index (χ1) is 13.6. The smallest absolute Gasteiger partial charge is 0.255 e. The SMILES string of the molecule is CNC(=O)c1c(-c2ccc(=O)[nH]c2)oc2cc(O)cc(CN3CCCCC3)c12. The average molecular weight is 381 g/mol. The second-order valence-electron chi connectivity index (χ2n) is 7.14. The first-order valence-electron chi connectivity index (χ1n) is 9.49. The summed E-state index contributed by atoms with van der Waals surface area (Å²) in [6.07, 6.45) is 5.06. The largest absolute Gasteiger partial charge is 0.508 e. The lowest BCUT2D eigenvalue weighted by atomic mass is 10.00. The van der Waals surface area contributed by atoms with Gasteiger partial charge < -0.3 is 19.8 Å². The summed E-state index contributed by atoms with van der Waals surface area (Å²) in [6.45, 7) is 2.63. The fourth-order valence-electron chi connectivity index (χ4n) is 3.88. The summed E-state index contributed by atoms with van der Waals surface area (Å²) in [4.78, 5) is 29.1. The number of hydrogen-bond acceptors (Lipinski definition) is 5. The lowest BCUT2D eigenvalue weighted by Gasteiger charge is -2.26. The van der Waals surface area contributed by atoms with E-state index in [9.17, 15) is 14.7 Å². The molecule has 2 aromatic heterocycles. The zero-order valence-electron chi connectivity index (χ0n) is 15.7. The van der Waals surface area contributed by atoms with Crippen LogP contribution < -0.4 is 10.9 Å². The van der Waals surface area contributed by atoms with Crippen LogP contribution in [-0.4, -0.2) is 41.0 Å². The first-order valence-corrected chi connectivity index (χ1v) is 9.49. The Morgan fingerprint density at radius 1 is 1.25 bits per heavy atom. The average Bonchev–Trinajstić information content (AvgIpc) is 3.08. The zero-order valence-corrected chi connectivity index (χ0v) is 15.7. The number of carbonyl (C=O) groups excluding carboxylic acids is 1. The van der Waals surface area contributed by atoms with E-state index in [1.54, 1.807) is 19.2 Å². The molecule has 3 aromatic rings. The number of nitrogens with zero attached hydrogens (tertiary/aromatic N) is 1. The first kappa shape index (κ1) is 18.3. The molecule has 7 nitrogen and oxygen atoms in total. The molecule has 1 fully saturated rings. The van der Waals surface area contributed by atoms with Gasteiger partial charge in [-0.25, -0.2) is 0 Å². The second-order valence-corrected chi connectivity index (χ2v) is 7.14. The highest BCUT2D eigenvalue weighted by Gasteiger charge is 2.25. The number of piperidine rings is 1. The molecule has 3 heterocycles. The summed E-state index contributed by atoms with van der Waals surface area (Å²) in [7, 11) is 1.57. The van der Waals surface area contributed by atoms with Crippen LogP contribution in [-0.2, 0) is 6.54 Å². The molecule has 1 aliphatic heterocycles. The van der Waals surface area contributed by atoms with E-state index in [-0.39, 0.29) is 17.2 Å². The summed E-state index contributed by atoms with van der Waals surface area (Å²) in [5.41, 5.74) is 2.08. The number of carbonyl (C=O) groups is 1. The number of likely N-dealkylation sites (tertiary alicyclic amines) is 1. The Hall–Kier alpha value is -3.06. The van der Waals surface area contributed by atoms with Gasteiger partial charge in [0.1, 0.15) is 17.1 Å². The van der Waals surface area contributed by atoms with E-state index < -0.39 is 0 Å². The molecule has 0 radical (unpaired) electrons. The van der Waals surface area contributed by atoms with Gasteiger partial charge in [-0.05, 0) is 43.6 Å². The molecule has 4 rings (SSSR count). The molecule has 1 aromatic carbocycles. The zero-order chi connectivity index (χ0) is 19.7. The van der Waals surface area contributed by atoms with Gasteiger partial charge in [0.2, 0.25) is 5.56 Å². The highest BCUT2D eigenvalue weighted by molar-refractivity contribution is 6.12. The van der Waals surface area contributed by atoms with Crippen molar-refractivity contribution in [2.24, 2.45) is 0 Å². The van der Waals surface area contributed by atoms with E-state index >= 15 is 0 Å². The predicted molar refractivity (Wildman–Crippen MR) is 106 cm³/mol. The van der Waals surface area contributed by atoms with Gasteiger partial charge in [0.25, 0.3) is 5.91 Å². The monoisotopic (exact) mass is 381 g/mol. The molecule has 1 amide bonds. The molecule has 0 spiro atoms. The van der Waals surface area contributed by atoms with Crippen molar-refractivity contribution in [3.05, 3.63) is 51.9 Å². The van der Waals surface area contributed by atoms with Crippen molar-refractivity contribution in [3.63, 3.8) is 0 Å². The maximum Gasteiger partial charge on any atom is 0.255 e. The number of hydrogen-bond donors (Lipinski definition) is 3. The molecule has 3 N–H and O–H groups in total. The quantitative estimate of drug-likeness (QED) is 0.645. The molecule has 0 aliphatic carbocycles. The lowest BCUT2D eigenvalue weighted by molar-refractivity contribution is 0.0964. The number of furan rings is 1.